The van der Waals surface area contributed by atoms with Crippen LogP contribution >= 0.6 is 23.7 Å². The number of aromatic nitrogens is 4. The number of amides is 1. The molecule has 0 bridgehead atoms. The Morgan fingerprint density at radius 2 is 2.11 bits per heavy atom. The van der Waals surface area contributed by atoms with Gasteiger partial charge in [0.25, 0.3) is 5.91 Å². The number of carbonyl (C=O) groups is 1. The second-order valence-corrected chi connectivity index (χ2v) is 7.86. The minimum Gasteiger partial charge on any atom is -0.315 e. The topological polar surface area (TPSA) is 84.7 Å². The van der Waals surface area contributed by atoms with Crippen LogP contribution < -0.4 is 10.6 Å². The van der Waals surface area contributed by atoms with Crippen molar-refractivity contribution in [3.05, 3.63) is 58.4 Å². The van der Waals surface area contributed by atoms with Crippen LogP contribution in [0.1, 0.15) is 45.5 Å². The molecule has 4 rings (SSSR count). The minimum absolute atomic E-state index is 0. The SMILES string of the molecule is Cc1ccc(Cc2nnc(NC(=O)c3ccn(C4CCCNC4)n3)s2)cc1.Cl. The second kappa shape index (κ2) is 9.27. The molecule has 3 aromatic rings. The van der Waals surface area contributed by atoms with Crippen molar-refractivity contribution in [1.29, 1.82) is 0 Å². The zero-order valence-electron chi connectivity index (χ0n) is 15.6. The lowest BCUT2D eigenvalue weighted by atomic mass is 10.1. The molecule has 1 saturated heterocycles. The fraction of sp³-hybridized carbons (Fsp3) is 0.368. The van der Waals surface area contributed by atoms with E-state index in [0.29, 0.717) is 23.3 Å². The summed E-state index contributed by atoms with van der Waals surface area (Å²) in [6.45, 7) is 4.00. The lowest BCUT2D eigenvalue weighted by Gasteiger charge is -2.22. The Bertz CT molecular complexity index is 917. The molecule has 0 radical (unpaired) electrons. The van der Waals surface area contributed by atoms with Gasteiger partial charge in [-0.25, -0.2) is 0 Å². The predicted molar refractivity (Wildman–Crippen MR) is 112 cm³/mol. The van der Waals surface area contributed by atoms with E-state index >= 15 is 0 Å². The van der Waals surface area contributed by atoms with E-state index in [1.807, 2.05) is 10.9 Å². The summed E-state index contributed by atoms with van der Waals surface area (Å²) < 4.78 is 1.88. The van der Waals surface area contributed by atoms with Crippen molar-refractivity contribution < 1.29 is 4.79 Å². The Hall–Kier alpha value is -2.29. The number of anilines is 1. The summed E-state index contributed by atoms with van der Waals surface area (Å²) in [6.07, 6.45) is 4.78. The van der Waals surface area contributed by atoms with E-state index in [-0.39, 0.29) is 18.3 Å². The van der Waals surface area contributed by atoms with E-state index in [1.54, 1.807) is 6.07 Å². The van der Waals surface area contributed by atoms with Gasteiger partial charge in [-0.15, -0.1) is 22.6 Å². The lowest BCUT2D eigenvalue weighted by molar-refractivity contribution is 0.102. The predicted octanol–water partition coefficient (Wildman–Crippen LogP) is 3.23. The number of hydrogen-bond donors (Lipinski definition) is 2. The maximum atomic E-state index is 12.5. The molecule has 2 aromatic heterocycles. The minimum atomic E-state index is -0.254. The average molecular weight is 419 g/mol. The summed E-state index contributed by atoms with van der Waals surface area (Å²) in [4.78, 5) is 12.5. The first-order chi connectivity index (χ1) is 13.2. The van der Waals surface area contributed by atoms with Crippen molar-refractivity contribution in [2.75, 3.05) is 18.4 Å². The standard InChI is InChI=1S/C19H22N6OS.ClH/c1-13-4-6-14(7-5-13)11-17-22-23-19(27-17)21-18(26)16-8-10-25(24-16)15-3-2-9-20-12-15;/h4-8,10,15,20H,2-3,9,11-12H2,1H3,(H,21,23,26);1H. The molecule has 148 valence electrons. The van der Waals surface area contributed by atoms with Crippen molar-refractivity contribution in [3.63, 3.8) is 0 Å². The molecule has 0 aliphatic carbocycles. The van der Waals surface area contributed by atoms with Gasteiger partial charge in [0.15, 0.2) is 5.69 Å². The molecular formula is C19H23ClN6OS. The molecule has 3 heterocycles. The molecule has 1 fully saturated rings. The summed E-state index contributed by atoms with van der Waals surface area (Å²) in [5.74, 6) is -0.254. The molecule has 9 heteroatoms. The molecule has 1 amide bonds. The molecule has 7 nitrogen and oxygen atoms in total. The molecule has 0 spiro atoms. The van der Waals surface area contributed by atoms with Crippen LogP contribution in [-0.2, 0) is 6.42 Å². The normalized spacial score (nSPS) is 16.4. The van der Waals surface area contributed by atoms with Crippen LogP contribution in [0.25, 0.3) is 0 Å². The van der Waals surface area contributed by atoms with Gasteiger partial charge in [-0.05, 0) is 37.9 Å². The van der Waals surface area contributed by atoms with Crippen LogP contribution in [0, 0.1) is 6.92 Å². The Morgan fingerprint density at radius 1 is 1.29 bits per heavy atom. The Morgan fingerprint density at radius 3 is 2.86 bits per heavy atom. The van der Waals surface area contributed by atoms with Gasteiger partial charge in [-0.3, -0.25) is 14.8 Å². The number of carbonyl (C=O) groups excluding carboxylic acids is 1. The van der Waals surface area contributed by atoms with Crippen molar-refractivity contribution in [2.24, 2.45) is 0 Å². The van der Waals surface area contributed by atoms with Crippen LogP contribution in [0.3, 0.4) is 0 Å². The van der Waals surface area contributed by atoms with E-state index in [4.69, 9.17) is 0 Å². The largest absolute Gasteiger partial charge is 0.315 e. The van der Waals surface area contributed by atoms with Gasteiger partial charge < -0.3 is 5.32 Å². The first kappa shape index (κ1) is 20.4. The fourth-order valence-corrected chi connectivity index (χ4v) is 3.91. The number of hydrogen-bond acceptors (Lipinski definition) is 6. The number of nitrogens with zero attached hydrogens (tertiary/aromatic N) is 4. The van der Waals surface area contributed by atoms with Gasteiger partial charge in [0.1, 0.15) is 5.01 Å². The van der Waals surface area contributed by atoms with Crippen LogP contribution in [0.2, 0.25) is 0 Å². The van der Waals surface area contributed by atoms with Gasteiger partial charge in [-0.2, -0.15) is 5.10 Å². The number of aryl methyl sites for hydroxylation is 1. The quantitative estimate of drug-likeness (QED) is 0.664. The highest BCUT2D eigenvalue weighted by molar-refractivity contribution is 7.15. The van der Waals surface area contributed by atoms with Crippen molar-refractivity contribution in [3.8, 4) is 0 Å². The Kier molecular flexibility index (Phi) is 6.77. The first-order valence-electron chi connectivity index (χ1n) is 9.12. The molecule has 1 unspecified atom stereocenters. The summed E-state index contributed by atoms with van der Waals surface area (Å²) in [5, 5.41) is 20.2. The number of benzene rings is 1. The zero-order valence-corrected chi connectivity index (χ0v) is 17.2. The van der Waals surface area contributed by atoms with Gasteiger partial charge in [0, 0.05) is 19.2 Å². The third-order valence-electron chi connectivity index (χ3n) is 4.65. The van der Waals surface area contributed by atoms with Crippen LogP contribution in [0.5, 0.6) is 0 Å². The summed E-state index contributed by atoms with van der Waals surface area (Å²) in [6, 6.07) is 10.4. The molecule has 1 aliphatic rings. The van der Waals surface area contributed by atoms with Gasteiger partial charge in [0.05, 0.1) is 6.04 Å². The molecule has 1 aliphatic heterocycles. The molecular weight excluding hydrogens is 396 g/mol. The number of nitrogens with one attached hydrogen (secondary N) is 2. The van der Waals surface area contributed by atoms with Crippen LogP contribution in [0.15, 0.2) is 36.5 Å². The maximum absolute atomic E-state index is 12.5. The second-order valence-electron chi connectivity index (χ2n) is 6.80. The molecule has 1 aromatic carbocycles. The highest BCUT2D eigenvalue weighted by Gasteiger charge is 2.18. The summed E-state index contributed by atoms with van der Waals surface area (Å²) in [5.41, 5.74) is 2.80. The monoisotopic (exact) mass is 418 g/mol. The zero-order chi connectivity index (χ0) is 18.6. The van der Waals surface area contributed by atoms with Crippen molar-refractivity contribution in [2.45, 2.75) is 32.2 Å². The van der Waals surface area contributed by atoms with Crippen molar-refractivity contribution >= 4 is 34.8 Å². The van der Waals surface area contributed by atoms with E-state index in [2.05, 4.69) is 57.1 Å². The lowest BCUT2D eigenvalue weighted by Crippen LogP contribution is -2.32. The average Bonchev–Trinajstić information content (AvgIpc) is 3.34. The molecule has 2 N–H and O–H groups in total. The summed E-state index contributed by atoms with van der Waals surface area (Å²) >= 11 is 1.39. The molecule has 0 saturated carbocycles. The van der Waals surface area contributed by atoms with Gasteiger partial charge in [-0.1, -0.05) is 41.2 Å². The molecule has 1 atom stereocenters. The van der Waals surface area contributed by atoms with E-state index in [1.165, 1.54) is 22.5 Å². The smallest absolute Gasteiger partial charge is 0.277 e. The highest BCUT2D eigenvalue weighted by Crippen LogP contribution is 2.20. The Labute approximate surface area is 174 Å². The van der Waals surface area contributed by atoms with E-state index < -0.39 is 0 Å². The van der Waals surface area contributed by atoms with E-state index in [9.17, 15) is 4.79 Å². The highest BCUT2D eigenvalue weighted by atomic mass is 35.5. The van der Waals surface area contributed by atoms with Gasteiger partial charge in [0.2, 0.25) is 5.13 Å². The third-order valence-corrected chi connectivity index (χ3v) is 5.49. The van der Waals surface area contributed by atoms with Crippen LogP contribution in [-0.4, -0.2) is 39.0 Å². The Balaban J connectivity index is 0.00000225. The number of piperidine rings is 1. The number of rotatable bonds is 5. The summed E-state index contributed by atoms with van der Waals surface area (Å²) in [7, 11) is 0. The van der Waals surface area contributed by atoms with E-state index in [0.717, 1.165) is 30.9 Å². The van der Waals surface area contributed by atoms with Gasteiger partial charge >= 0.3 is 0 Å². The third kappa shape index (κ3) is 4.95. The maximum Gasteiger partial charge on any atom is 0.277 e. The van der Waals surface area contributed by atoms with Crippen LogP contribution in [0.4, 0.5) is 5.13 Å². The van der Waals surface area contributed by atoms with Crippen molar-refractivity contribution in [1.82, 2.24) is 25.3 Å². The first-order valence-corrected chi connectivity index (χ1v) is 9.94. The number of halogens is 1. The molecule has 28 heavy (non-hydrogen) atoms. The fourth-order valence-electron chi connectivity index (χ4n) is 3.14.